The maximum Gasteiger partial charge on any atom is 0.0605 e. The van der Waals surface area contributed by atoms with Crippen molar-refractivity contribution >= 4 is 22.6 Å². The van der Waals surface area contributed by atoms with Crippen LogP contribution in [0.5, 0.6) is 0 Å². The second kappa shape index (κ2) is 11.9. The fourth-order valence-corrected chi connectivity index (χ4v) is 4.22. The maximum atomic E-state index is 10.3. The summed E-state index contributed by atoms with van der Waals surface area (Å²) < 4.78 is 1.23. The molecule has 3 atom stereocenters. The number of hydrogen-bond acceptors (Lipinski definition) is 1. The molecule has 0 heterocycles. The number of aliphatic hydroxyl groups is 1. The molecule has 2 rings (SSSR count). The third-order valence-corrected chi connectivity index (χ3v) is 6.13. The predicted octanol–water partition coefficient (Wildman–Crippen LogP) is 6.42. The number of aliphatic hydroxyl groups excluding tert-OH is 1. The molecule has 0 saturated heterocycles. The first kappa shape index (κ1) is 20.7. The van der Waals surface area contributed by atoms with Crippen LogP contribution in [0, 0.1) is 18.8 Å². The van der Waals surface area contributed by atoms with Crippen LogP contribution in [0.1, 0.15) is 56.1 Å². The smallest absolute Gasteiger partial charge is 0.0605 e. The molecule has 1 fully saturated rings. The average molecular weight is 452 g/mol. The zero-order valence-electron chi connectivity index (χ0n) is 15.5. The molecule has 0 aromatic heterocycles. The third kappa shape index (κ3) is 7.26. The molecule has 25 heavy (non-hydrogen) atoms. The van der Waals surface area contributed by atoms with Crippen molar-refractivity contribution in [3.63, 3.8) is 0 Å². The summed E-state index contributed by atoms with van der Waals surface area (Å²) in [7, 11) is 0. The van der Waals surface area contributed by atoms with Gasteiger partial charge in [-0.3, -0.25) is 0 Å². The highest BCUT2D eigenvalue weighted by Crippen LogP contribution is 2.36. The van der Waals surface area contributed by atoms with Crippen molar-refractivity contribution < 1.29 is 5.11 Å². The van der Waals surface area contributed by atoms with E-state index < -0.39 is 0 Å². The van der Waals surface area contributed by atoms with Crippen molar-refractivity contribution in [1.82, 2.24) is 0 Å². The number of hydrogen-bond donors (Lipinski definition) is 1. The van der Waals surface area contributed by atoms with E-state index >= 15 is 0 Å². The highest BCUT2D eigenvalue weighted by molar-refractivity contribution is 14.1. The summed E-state index contributed by atoms with van der Waals surface area (Å²) >= 11 is 2.43. The molecule has 0 spiro atoms. The number of benzene rings is 1. The van der Waals surface area contributed by atoms with E-state index in [1.807, 2.05) is 0 Å². The molecule has 0 amide bonds. The SMILES string of the molecule is Cc1ccccc1CCC/C=C/[C@@H]1[C@@H](C/C=C\CCCI)CC[C@H]1O. The van der Waals surface area contributed by atoms with Crippen molar-refractivity contribution in [2.75, 3.05) is 4.43 Å². The lowest BCUT2D eigenvalue weighted by atomic mass is 9.90. The van der Waals surface area contributed by atoms with Gasteiger partial charge in [-0.2, -0.15) is 0 Å². The van der Waals surface area contributed by atoms with Crippen molar-refractivity contribution in [3.8, 4) is 0 Å². The topological polar surface area (TPSA) is 20.2 Å². The van der Waals surface area contributed by atoms with E-state index in [0.29, 0.717) is 11.8 Å². The molecular weight excluding hydrogens is 419 g/mol. The Labute approximate surface area is 167 Å². The Bertz CT molecular complexity index is 549. The van der Waals surface area contributed by atoms with Gasteiger partial charge in [-0.1, -0.05) is 71.2 Å². The Morgan fingerprint density at radius 3 is 2.68 bits per heavy atom. The first-order chi connectivity index (χ1) is 12.2. The van der Waals surface area contributed by atoms with E-state index in [2.05, 4.69) is 78.1 Å². The van der Waals surface area contributed by atoms with Gasteiger partial charge in [-0.25, -0.2) is 0 Å². The second-order valence-electron chi connectivity index (χ2n) is 7.27. The standard InChI is InChI=1S/C23H33IO/c1-19-11-8-9-13-20(19)12-6-4-7-15-22-21(16-17-23(22)25)14-5-2-3-10-18-24/h2,5,7-9,11,13,15,21-23,25H,3-4,6,10,12,14,16-18H2,1H3/b5-2-,15-7+/t21-,22+,23+/m0/s1. The van der Waals surface area contributed by atoms with Gasteiger partial charge in [0.25, 0.3) is 0 Å². The minimum atomic E-state index is -0.139. The van der Waals surface area contributed by atoms with Gasteiger partial charge < -0.3 is 5.11 Å². The number of alkyl halides is 1. The fraction of sp³-hybridized carbons (Fsp3) is 0.565. The molecule has 1 aliphatic rings. The lowest BCUT2D eigenvalue weighted by molar-refractivity contribution is 0.142. The minimum absolute atomic E-state index is 0.139. The molecule has 0 unspecified atom stereocenters. The minimum Gasteiger partial charge on any atom is -0.393 e. The van der Waals surface area contributed by atoms with E-state index in [9.17, 15) is 5.11 Å². The highest BCUT2D eigenvalue weighted by atomic mass is 127. The Kier molecular flexibility index (Phi) is 9.85. The van der Waals surface area contributed by atoms with Gasteiger partial charge in [-0.05, 0) is 79.8 Å². The molecule has 1 aliphatic carbocycles. The lowest BCUT2D eigenvalue weighted by Gasteiger charge is -2.17. The van der Waals surface area contributed by atoms with E-state index in [0.717, 1.165) is 32.1 Å². The lowest BCUT2D eigenvalue weighted by Crippen LogP contribution is -2.16. The van der Waals surface area contributed by atoms with Crippen LogP contribution in [0.15, 0.2) is 48.6 Å². The zero-order valence-corrected chi connectivity index (χ0v) is 17.7. The molecular formula is C23H33IO. The number of halogens is 1. The Morgan fingerprint density at radius 2 is 1.88 bits per heavy atom. The largest absolute Gasteiger partial charge is 0.393 e. The molecule has 1 saturated carbocycles. The van der Waals surface area contributed by atoms with Crippen LogP contribution in [0.2, 0.25) is 0 Å². The monoisotopic (exact) mass is 452 g/mol. The summed E-state index contributed by atoms with van der Waals surface area (Å²) in [4.78, 5) is 0. The first-order valence-corrected chi connectivity index (χ1v) is 11.3. The molecule has 1 aromatic rings. The van der Waals surface area contributed by atoms with Crippen LogP contribution < -0.4 is 0 Å². The zero-order chi connectivity index (χ0) is 17.9. The summed E-state index contributed by atoms with van der Waals surface area (Å²) in [5.41, 5.74) is 2.86. The van der Waals surface area contributed by atoms with Crippen LogP contribution in [0.4, 0.5) is 0 Å². The van der Waals surface area contributed by atoms with Crippen molar-refractivity contribution in [2.45, 2.75) is 64.4 Å². The van der Waals surface area contributed by atoms with Crippen LogP contribution in [0.3, 0.4) is 0 Å². The van der Waals surface area contributed by atoms with Crippen LogP contribution in [-0.2, 0) is 6.42 Å². The molecule has 1 nitrogen and oxygen atoms in total. The van der Waals surface area contributed by atoms with E-state index in [1.165, 1.54) is 34.8 Å². The quantitative estimate of drug-likeness (QED) is 0.188. The third-order valence-electron chi connectivity index (χ3n) is 5.37. The molecule has 2 heteroatoms. The van der Waals surface area contributed by atoms with Gasteiger partial charge >= 0.3 is 0 Å². The van der Waals surface area contributed by atoms with E-state index in [1.54, 1.807) is 0 Å². The normalized spacial score (nSPS) is 23.9. The van der Waals surface area contributed by atoms with Crippen molar-refractivity contribution in [3.05, 3.63) is 59.7 Å². The van der Waals surface area contributed by atoms with Crippen molar-refractivity contribution in [2.24, 2.45) is 11.8 Å². The number of unbranched alkanes of at least 4 members (excludes halogenated alkanes) is 2. The van der Waals surface area contributed by atoms with Crippen LogP contribution >= 0.6 is 22.6 Å². The summed E-state index contributed by atoms with van der Waals surface area (Å²) in [6, 6.07) is 8.67. The van der Waals surface area contributed by atoms with Gasteiger partial charge in [0.15, 0.2) is 0 Å². The number of aryl methyl sites for hydroxylation is 2. The van der Waals surface area contributed by atoms with Crippen LogP contribution in [0.25, 0.3) is 0 Å². The summed E-state index contributed by atoms with van der Waals surface area (Å²) in [6.07, 6.45) is 18.3. The molecule has 1 N–H and O–H groups in total. The highest BCUT2D eigenvalue weighted by Gasteiger charge is 2.31. The van der Waals surface area contributed by atoms with Gasteiger partial charge in [0.05, 0.1) is 6.10 Å². The summed E-state index contributed by atoms with van der Waals surface area (Å²) in [5.74, 6) is 0.978. The Morgan fingerprint density at radius 1 is 1.08 bits per heavy atom. The number of rotatable bonds is 10. The van der Waals surface area contributed by atoms with Gasteiger partial charge in [0, 0.05) is 5.92 Å². The summed E-state index contributed by atoms with van der Waals surface area (Å²) in [6.45, 7) is 2.19. The van der Waals surface area contributed by atoms with Gasteiger partial charge in [-0.15, -0.1) is 0 Å². The Balaban J connectivity index is 1.73. The molecule has 138 valence electrons. The van der Waals surface area contributed by atoms with Gasteiger partial charge in [0.1, 0.15) is 0 Å². The van der Waals surface area contributed by atoms with E-state index in [-0.39, 0.29) is 6.10 Å². The fourth-order valence-electron chi connectivity index (χ4n) is 3.78. The van der Waals surface area contributed by atoms with Gasteiger partial charge in [0.2, 0.25) is 0 Å². The Hall–Kier alpha value is -0.610. The maximum absolute atomic E-state index is 10.3. The first-order valence-electron chi connectivity index (χ1n) is 9.82. The van der Waals surface area contributed by atoms with E-state index in [4.69, 9.17) is 0 Å². The molecule has 1 aromatic carbocycles. The molecule has 0 bridgehead atoms. The van der Waals surface area contributed by atoms with Crippen molar-refractivity contribution in [1.29, 1.82) is 0 Å². The number of allylic oxidation sites excluding steroid dienone is 3. The predicted molar refractivity (Wildman–Crippen MR) is 117 cm³/mol. The molecule has 0 aliphatic heterocycles. The average Bonchev–Trinajstić information content (AvgIpc) is 2.96. The molecule has 0 radical (unpaired) electrons. The van der Waals surface area contributed by atoms with Crippen LogP contribution in [-0.4, -0.2) is 15.6 Å². The summed E-state index contributed by atoms with van der Waals surface area (Å²) in [5, 5.41) is 10.3. The second-order valence-corrected chi connectivity index (χ2v) is 8.35.